The lowest BCUT2D eigenvalue weighted by Crippen LogP contribution is -2.27. The third-order valence-electron chi connectivity index (χ3n) is 3.77. The first kappa shape index (κ1) is 19.0. The van der Waals surface area contributed by atoms with Gasteiger partial charge in [0.2, 0.25) is 0 Å². The highest BCUT2D eigenvalue weighted by atomic mass is 32.3. The van der Waals surface area contributed by atoms with Gasteiger partial charge in [0.25, 0.3) is 5.56 Å². The normalized spacial score (nSPS) is 13.2. The highest BCUT2D eigenvalue weighted by Gasteiger charge is 2.23. The molecule has 1 atom stereocenters. The van der Waals surface area contributed by atoms with Crippen molar-refractivity contribution < 1.29 is 13.7 Å². The summed E-state index contributed by atoms with van der Waals surface area (Å²) in [6, 6.07) is 6.03. The molecule has 8 heteroatoms. The molecule has 0 aliphatic rings. The van der Waals surface area contributed by atoms with E-state index < -0.39 is 15.9 Å². The summed E-state index contributed by atoms with van der Waals surface area (Å²) in [5.74, 6) is 4.22. The minimum Gasteiger partial charge on any atom is -0.494 e. The van der Waals surface area contributed by atoms with Crippen molar-refractivity contribution in [2.24, 2.45) is 7.05 Å². The van der Waals surface area contributed by atoms with E-state index in [0.29, 0.717) is 11.4 Å². The summed E-state index contributed by atoms with van der Waals surface area (Å²) < 4.78 is 34.1. The fourth-order valence-electron chi connectivity index (χ4n) is 2.19. The quantitative estimate of drug-likeness (QED) is 0.540. The van der Waals surface area contributed by atoms with Crippen LogP contribution in [0.1, 0.15) is 12.5 Å². The van der Waals surface area contributed by atoms with Crippen LogP contribution in [-0.4, -0.2) is 27.9 Å². The molecule has 0 saturated carbocycles. The van der Waals surface area contributed by atoms with Crippen LogP contribution in [0.5, 0.6) is 5.75 Å². The zero-order valence-electron chi connectivity index (χ0n) is 14.7. The first-order valence-corrected chi connectivity index (χ1v) is 9.56. The van der Waals surface area contributed by atoms with Crippen LogP contribution in [-0.2, 0) is 17.1 Å². The molecule has 0 aliphatic heterocycles. The Bertz CT molecular complexity index is 895. The van der Waals surface area contributed by atoms with Crippen molar-refractivity contribution in [2.75, 3.05) is 22.9 Å². The molecule has 6 nitrogen and oxygen atoms in total. The van der Waals surface area contributed by atoms with E-state index in [9.17, 15) is 13.7 Å². The summed E-state index contributed by atoms with van der Waals surface area (Å²) in [7, 11) is 0.567. The van der Waals surface area contributed by atoms with Crippen LogP contribution in [0.4, 0.5) is 21.6 Å². The molecule has 0 radical (unpaired) electrons. The number of nitrogens with one attached hydrogen (secondary N) is 2. The first-order chi connectivity index (χ1) is 11.7. The van der Waals surface area contributed by atoms with Gasteiger partial charge in [-0.2, -0.15) is 0 Å². The second-order valence-electron chi connectivity index (χ2n) is 5.67. The Morgan fingerprint density at radius 2 is 2.08 bits per heavy atom. The third-order valence-corrected chi connectivity index (χ3v) is 5.31. The largest absolute Gasteiger partial charge is 0.494 e. The van der Waals surface area contributed by atoms with Crippen LogP contribution in [0, 0.1) is 12.7 Å². The van der Waals surface area contributed by atoms with Crippen molar-refractivity contribution in [3.8, 4) is 5.75 Å². The van der Waals surface area contributed by atoms with Gasteiger partial charge in [-0.05, 0) is 31.5 Å². The molecule has 0 amide bonds. The number of nitrogens with zero attached hydrogens (tertiary/aromatic N) is 1. The van der Waals surface area contributed by atoms with Gasteiger partial charge in [-0.3, -0.25) is 9.36 Å². The predicted molar refractivity (Wildman–Crippen MR) is 104 cm³/mol. The Kier molecular flexibility index (Phi) is 5.54. The fourth-order valence-corrected chi connectivity index (χ4v) is 2.91. The Morgan fingerprint density at radius 1 is 1.40 bits per heavy atom. The maximum absolute atomic E-state index is 14.2. The van der Waals surface area contributed by atoms with E-state index in [2.05, 4.69) is 15.9 Å². The van der Waals surface area contributed by atoms with E-state index in [0.717, 1.165) is 5.56 Å². The fraction of sp³-hybridized carbons (Fsp3) is 0.294. The average Bonchev–Trinajstić information content (AvgIpc) is 2.55. The number of rotatable bonds is 6. The lowest BCUT2D eigenvalue weighted by atomic mass is 10.2. The number of pyridine rings is 1. The minimum atomic E-state index is -2.40. The summed E-state index contributed by atoms with van der Waals surface area (Å²) in [6.45, 7) is 3.57. The van der Waals surface area contributed by atoms with Gasteiger partial charge in [-0.1, -0.05) is 6.07 Å². The van der Waals surface area contributed by atoms with E-state index in [1.807, 2.05) is 0 Å². The number of aromatic nitrogens is 1. The number of hydrogen-bond acceptors (Lipinski definition) is 5. The number of anilines is 3. The van der Waals surface area contributed by atoms with Crippen LogP contribution in [0.3, 0.4) is 0 Å². The SMILES string of the molecule is C=[S+](O)(CC)Nc1c(OC)cc(=O)n(C)c1Nc1ccc(C)cc1F. The molecule has 0 aliphatic carbocycles. The number of aryl methyl sites for hydroxylation is 1. The van der Waals surface area contributed by atoms with Gasteiger partial charge >= 0.3 is 0 Å². The number of benzene rings is 1. The predicted octanol–water partition coefficient (Wildman–Crippen LogP) is 2.99. The van der Waals surface area contributed by atoms with Gasteiger partial charge in [0, 0.05) is 13.1 Å². The molecule has 25 heavy (non-hydrogen) atoms. The number of halogens is 1. The van der Waals surface area contributed by atoms with Gasteiger partial charge in [-0.15, -0.1) is 0 Å². The smallest absolute Gasteiger partial charge is 0.255 e. The second kappa shape index (κ2) is 7.28. The van der Waals surface area contributed by atoms with Gasteiger partial charge < -0.3 is 10.1 Å². The van der Waals surface area contributed by atoms with Gasteiger partial charge in [0.15, 0.2) is 11.4 Å². The third kappa shape index (κ3) is 4.21. The standard InChI is InChI=1S/C17H22FN3O3S/c1-6-25(5,23)20-16-14(24-4)10-15(22)21(3)17(16)19-13-8-7-11(2)9-12(13)18/h7-10,20H,5-6H2,1-4H3,(H-,19,22,23)/p+1. The molecule has 0 fully saturated rings. The van der Waals surface area contributed by atoms with Crippen LogP contribution < -0.4 is 20.3 Å². The highest BCUT2D eigenvalue weighted by molar-refractivity contribution is 8.07. The highest BCUT2D eigenvalue weighted by Crippen LogP contribution is 2.34. The van der Waals surface area contributed by atoms with E-state index in [1.54, 1.807) is 33.0 Å². The van der Waals surface area contributed by atoms with Crippen molar-refractivity contribution in [3.05, 3.63) is 46.0 Å². The zero-order valence-corrected chi connectivity index (χ0v) is 15.5. The van der Waals surface area contributed by atoms with Gasteiger partial charge in [0.1, 0.15) is 17.4 Å². The Hall–Kier alpha value is -2.32. The molecular weight excluding hydrogens is 345 g/mol. The lowest BCUT2D eigenvalue weighted by molar-refractivity contribution is 0.415. The summed E-state index contributed by atoms with van der Waals surface area (Å²) in [5.41, 5.74) is 0.995. The zero-order chi connectivity index (χ0) is 18.8. The van der Waals surface area contributed by atoms with E-state index in [1.165, 1.54) is 23.8 Å². The molecule has 1 unspecified atom stereocenters. The summed E-state index contributed by atoms with van der Waals surface area (Å²) in [6.07, 6.45) is 0. The minimum absolute atomic E-state index is 0.205. The van der Waals surface area contributed by atoms with Crippen LogP contribution in [0.25, 0.3) is 0 Å². The Balaban J connectivity index is 2.63. The van der Waals surface area contributed by atoms with Crippen molar-refractivity contribution >= 4 is 33.1 Å². The van der Waals surface area contributed by atoms with Crippen LogP contribution >= 0.6 is 0 Å². The van der Waals surface area contributed by atoms with E-state index in [-0.39, 0.29) is 22.8 Å². The van der Waals surface area contributed by atoms with Crippen molar-refractivity contribution in [1.29, 1.82) is 0 Å². The topological polar surface area (TPSA) is 75.5 Å². The molecule has 2 rings (SSSR count). The molecular formula is C17H23FN3O3S+. The number of hydrogen-bond donors (Lipinski definition) is 3. The molecule has 2 aromatic rings. The molecule has 1 heterocycles. The molecule has 1 aromatic carbocycles. The van der Waals surface area contributed by atoms with Gasteiger partial charge in [-0.25, -0.2) is 13.7 Å². The number of methoxy groups -OCH3 is 1. The molecule has 0 saturated heterocycles. The summed E-state index contributed by atoms with van der Waals surface area (Å²) >= 11 is 0. The number of ether oxygens (including phenoxy) is 1. The van der Waals surface area contributed by atoms with E-state index in [4.69, 9.17) is 4.74 Å². The molecule has 0 bridgehead atoms. The monoisotopic (exact) mass is 368 g/mol. The second-order valence-corrected chi connectivity index (χ2v) is 8.14. The lowest BCUT2D eigenvalue weighted by Gasteiger charge is -2.21. The Morgan fingerprint density at radius 3 is 2.64 bits per heavy atom. The summed E-state index contributed by atoms with van der Waals surface area (Å²) in [5, 5.41) is 2.92. The van der Waals surface area contributed by atoms with Crippen LogP contribution in [0.15, 0.2) is 29.1 Å². The van der Waals surface area contributed by atoms with Crippen LogP contribution in [0.2, 0.25) is 0 Å². The van der Waals surface area contributed by atoms with E-state index >= 15 is 0 Å². The summed E-state index contributed by atoms with van der Waals surface area (Å²) in [4.78, 5) is 12.2. The molecule has 3 N–H and O–H groups in total. The van der Waals surface area contributed by atoms with Gasteiger partial charge in [0.05, 0.1) is 28.8 Å². The molecule has 1 aromatic heterocycles. The van der Waals surface area contributed by atoms with Crippen molar-refractivity contribution in [2.45, 2.75) is 13.8 Å². The maximum atomic E-state index is 14.2. The van der Waals surface area contributed by atoms with Crippen molar-refractivity contribution in [1.82, 2.24) is 4.57 Å². The Labute approximate surface area is 147 Å². The molecule has 0 spiro atoms. The molecule has 136 valence electrons. The van der Waals surface area contributed by atoms with Crippen molar-refractivity contribution in [3.63, 3.8) is 0 Å². The average molecular weight is 368 g/mol. The first-order valence-electron chi connectivity index (χ1n) is 7.64. The maximum Gasteiger partial charge on any atom is 0.255 e.